The Balaban J connectivity index is 3.04. The maximum atomic E-state index is 12.6. The van der Waals surface area contributed by atoms with Crippen LogP contribution in [0.15, 0.2) is 24.3 Å². The fourth-order valence-electron chi connectivity index (χ4n) is 2.04. The Labute approximate surface area is 123 Å². The summed E-state index contributed by atoms with van der Waals surface area (Å²) in [6, 6.07) is 6.29. The van der Waals surface area contributed by atoms with Gasteiger partial charge < -0.3 is 10.2 Å². The van der Waals surface area contributed by atoms with Crippen LogP contribution in [-0.4, -0.2) is 43.2 Å². The molecule has 6 heteroatoms. The molecule has 1 aromatic carbocycles. The van der Waals surface area contributed by atoms with E-state index in [0.717, 1.165) is 10.5 Å². The highest BCUT2D eigenvalue weighted by atomic mass is 19.4. The lowest BCUT2D eigenvalue weighted by Gasteiger charge is -2.28. The molecule has 21 heavy (non-hydrogen) atoms. The van der Waals surface area contributed by atoms with Crippen LogP contribution >= 0.6 is 0 Å². The lowest BCUT2D eigenvalue weighted by atomic mass is 10.0. The molecule has 0 saturated heterocycles. The summed E-state index contributed by atoms with van der Waals surface area (Å²) in [6.45, 7) is 2.59. The predicted molar refractivity (Wildman–Crippen MR) is 76.3 cm³/mol. The van der Waals surface area contributed by atoms with E-state index in [4.69, 9.17) is 0 Å². The van der Waals surface area contributed by atoms with Gasteiger partial charge in [0.2, 0.25) is 0 Å². The lowest BCUT2D eigenvalue weighted by Crippen LogP contribution is -2.43. The van der Waals surface area contributed by atoms with E-state index in [-0.39, 0.29) is 0 Å². The SMILES string of the molecule is CNCCc1ccccc1C(=O)N(CC(F)(F)F)C(C)C. The number of likely N-dealkylation sites (N-methyl/N-ethyl adjacent to an activating group) is 1. The molecule has 0 fully saturated rings. The molecule has 0 saturated carbocycles. The molecule has 0 radical (unpaired) electrons. The first-order valence-corrected chi connectivity index (χ1v) is 6.86. The third kappa shape index (κ3) is 5.38. The molecule has 0 aliphatic rings. The minimum atomic E-state index is -4.40. The van der Waals surface area contributed by atoms with E-state index < -0.39 is 24.7 Å². The van der Waals surface area contributed by atoms with Gasteiger partial charge in [-0.25, -0.2) is 0 Å². The Morgan fingerprint density at radius 1 is 1.29 bits per heavy atom. The van der Waals surface area contributed by atoms with Crippen molar-refractivity contribution < 1.29 is 18.0 Å². The van der Waals surface area contributed by atoms with Crippen molar-refractivity contribution in [3.8, 4) is 0 Å². The number of carbonyl (C=O) groups is 1. The molecule has 1 N–H and O–H groups in total. The molecule has 1 aromatic rings. The highest BCUT2D eigenvalue weighted by molar-refractivity contribution is 5.96. The maximum absolute atomic E-state index is 12.6. The van der Waals surface area contributed by atoms with Crippen LogP contribution in [0.1, 0.15) is 29.8 Å². The van der Waals surface area contributed by atoms with Crippen LogP contribution in [0.3, 0.4) is 0 Å². The molecule has 1 amide bonds. The number of hydrogen-bond acceptors (Lipinski definition) is 2. The molecular weight excluding hydrogens is 281 g/mol. The smallest absolute Gasteiger partial charge is 0.327 e. The maximum Gasteiger partial charge on any atom is 0.406 e. The molecular formula is C15H21F3N2O. The average molecular weight is 302 g/mol. The van der Waals surface area contributed by atoms with Crippen LogP contribution in [0, 0.1) is 0 Å². The summed E-state index contributed by atoms with van der Waals surface area (Å²) in [6.07, 6.45) is -3.81. The number of halogens is 3. The largest absolute Gasteiger partial charge is 0.406 e. The van der Waals surface area contributed by atoms with Crippen molar-refractivity contribution in [1.29, 1.82) is 0 Å². The van der Waals surface area contributed by atoms with E-state index in [0.29, 0.717) is 18.5 Å². The third-order valence-electron chi connectivity index (χ3n) is 3.13. The zero-order valence-electron chi connectivity index (χ0n) is 12.5. The first-order chi connectivity index (χ1) is 9.76. The summed E-state index contributed by atoms with van der Waals surface area (Å²) in [4.78, 5) is 13.3. The van der Waals surface area contributed by atoms with Crippen LogP contribution in [0.2, 0.25) is 0 Å². The molecule has 118 valence electrons. The third-order valence-corrected chi connectivity index (χ3v) is 3.13. The first-order valence-electron chi connectivity index (χ1n) is 6.86. The zero-order chi connectivity index (χ0) is 16.0. The number of benzene rings is 1. The van der Waals surface area contributed by atoms with Gasteiger partial charge in [-0.1, -0.05) is 18.2 Å². The fraction of sp³-hybridized carbons (Fsp3) is 0.533. The second-order valence-electron chi connectivity index (χ2n) is 5.15. The molecule has 0 bridgehead atoms. The number of amides is 1. The first kappa shape index (κ1) is 17.5. The van der Waals surface area contributed by atoms with Gasteiger partial charge in [0.05, 0.1) is 0 Å². The van der Waals surface area contributed by atoms with Gasteiger partial charge in [0.1, 0.15) is 6.54 Å². The standard InChI is InChI=1S/C15H21F3N2O/c1-11(2)20(10-15(16,17)18)14(21)13-7-5-4-6-12(13)8-9-19-3/h4-7,11,19H,8-10H2,1-3H3. The Hall–Kier alpha value is -1.56. The minimum Gasteiger partial charge on any atom is -0.327 e. The van der Waals surface area contributed by atoms with E-state index >= 15 is 0 Å². The Morgan fingerprint density at radius 2 is 1.90 bits per heavy atom. The van der Waals surface area contributed by atoms with Crippen molar-refractivity contribution in [1.82, 2.24) is 10.2 Å². The Morgan fingerprint density at radius 3 is 2.43 bits per heavy atom. The monoisotopic (exact) mass is 302 g/mol. The van der Waals surface area contributed by atoms with E-state index in [1.54, 1.807) is 45.2 Å². The number of carbonyl (C=O) groups excluding carboxylic acids is 1. The van der Waals surface area contributed by atoms with E-state index in [9.17, 15) is 18.0 Å². The molecule has 0 atom stereocenters. The summed E-state index contributed by atoms with van der Waals surface area (Å²) >= 11 is 0. The van der Waals surface area contributed by atoms with Gasteiger partial charge in [0.25, 0.3) is 5.91 Å². The Kier molecular flexibility index (Phi) is 6.20. The van der Waals surface area contributed by atoms with Gasteiger partial charge in [-0.15, -0.1) is 0 Å². The number of nitrogens with zero attached hydrogens (tertiary/aromatic N) is 1. The van der Waals surface area contributed by atoms with Crippen LogP contribution < -0.4 is 5.32 Å². The van der Waals surface area contributed by atoms with Crippen LogP contribution in [0.4, 0.5) is 13.2 Å². The van der Waals surface area contributed by atoms with Gasteiger partial charge in [0, 0.05) is 11.6 Å². The van der Waals surface area contributed by atoms with Gasteiger partial charge in [-0.3, -0.25) is 4.79 Å². The molecule has 1 rings (SSSR count). The predicted octanol–water partition coefficient (Wildman–Crippen LogP) is 2.86. The van der Waals surface area contributed by atoms with Crippen LogP contribution in [0.25, 0.3) is 0 Å². The topological polar surface area (TPSA) is 32.3 Å². The second kappa shape index (κ2) is 7.45. The molecule has 0 aliphatic carbocycles. The Bertz CT molecular complexity index is 472. The summed E-state index contributed by atoms with van der Waals surface area (Å²) < 4.78 is 37.9. The molecule has 0 heterocycles. The number of nitrogens with one attached hydrogen (secondary N) is 1. The molecule has 3 nitrogen and oxygen atoms in total. The minimum absolute atomic E-state index is 0.339. The van der Waals surface area contributed by atoms with Crippen molar-refractivity contribution in [2.24, 2.45) is 0 Å². The second-order valence-corrected chi connectivity index (χ2v) is 5.15. The van der Waals surface area contributed by atoms with Gasteiger partial charge >= 0.3 is 6.18 Å². The van der Waals surface area contributed by atoms with Crippen molar-refractivity contribution in [3.63, 3.8) is 0 Å². The van der Waals surface area contributed by atoms with Crippen LogP contribution in [-0.2, 0) is 6.42 Å². The van der Waals surface area contributed by atoms with Crippen molar-refractivity contribution >= 4 is 5.91 Å². The number of rotatable bonds is 6. The quantitative estimate of drug-likeness (QED) is 0.876. The zero-order valence-corrected chi connectivity index (χ0v) is 12.5. The number of alkyl halides is 3. The molecule has 0 aromatic heterocycles. The van der Waals surface area contributed by atoms with Gasteiger partial charge in [-0.05, 0) is 45.5 Å². The van der Waals surface area contributed by atoms with Gasteiger partial charge in [-0.2, -0.15) is 13.2 Å². The molecule has 0 aliphatic heterocycles. The van der Waals surface area contributed by atoms with E-state index in [2.05, 4.69) is 5.32 Å². The van der Waals surface area contributed by atoms with Crippen molar-refractivity contribution in [2.75, 3.05) is 20.1 Å². The van der Waals surface area contributed by atoms with E-state index in [1.807, 2.05) is 0 Å². The number of hydrogen-bond donors (Lipinski definition) is 1. The summed E-state index contributed by atoms with van der Waals surface area (Å²) in [5, 5.41) is 2.97. The normalized spacial score (nSPS) is 11.8. The summed E-state index contributed by atoms with van der Waals surface area (Å²) in [5.41, 5.74) is 1.09. The average Bonchev–Trinajstić information content (AvgIpc) is 2.41. The van der Waals surface area contributed by atoms with Crippen molar-refractivity contribution in [2.45, 2.75) is 32.5 Å². The summed E-state index contributed by atoms with van der Waals surface area (Å²) in [7, 11) is 1.79. The molecule has 0 spiro atoms. The highest BCUT2D eigenvalue weighted by Gasteiger charge is 2.35. The fourth-order valence-corrected chi connectivity index (χ4v) is 2.04. The van der Waals surface area contributed by atoms with Crippen molar-refractivity contribution in [3.05, 3.63) is 35.4 Å². The summed E-state index contributed by atoms with van der Waals surface area (Å²) in [5.74, 6) is -0.575. The van der Waals surface area contributed by atoms with Crippen LogP contribution in [0.5, 0.6) is 0 Å². The van der Waals surface area contributed by atoms with Gasteiger partial charge in [0.15, 0.2) is 0 Å². The lowest BCUT2D eigenvalue weighted by molar-refractivity contribution is -0.143. The molecule has 0 unspecified atom stereocenters. The van der Waals surface area contributed by atoms with E-state index in [1.165, 1.54) is 0 Å². The highest BCUT2D eigenvalue weighted by Crippen LogP contribution is 2.21.